The standard InChI is InChI=1S/C23H36N6.HI/c1-5-23(6-2,19-12-8-7-9-13-19)17-25-22(26-20-14-10-11-15-20)24-16-21-28-27-18(3)29(21)4;/h7-9,12-13,20H,5-6,10-11,14-17H2,1-4H3,(H2,24,25,26);1H. The molecule has 6 nitrogen and oxygen atoms in total. The lowest BCUT2D eigenvalue weighted by atomic mass is 9.76. The van der Waals surface area contributed by atoms with Gasteiger partial charge in [0.15, 0.2) is 11.8 Å². The van der Waals surface area contributed by atoms with E-state index in [1.165, 1.54) is 31.2 Å². The van der Waals surface area contributed by atoms with Crippen LogP contribution in [0.4, 0.5) is 0 Å². The summed E-state index contributed by atoms with van der Waals surface area (Å²) in [6.45, 7) is 7.91. The highest BCUT2D eigenvalue weighted by Gasteiger charge is 2.29. The monoisotopic (exact) mass is 524 g/mol. The summed E-state index contributed by atoms with van der Waals surface area (Å²) in [7, 11) is 1.99. The fraction of sp³-hybridized carbons (Fsp3) is 0.609. The molecule has 30 heavy (non-hydrogen) atoms. The molecule has 1 aliphatic carbocycles. The lowest BCUT2D eigenvalue weighted by Crippen LogP contribution is -2.48. The van der Waals surface area contributed by atoms with Crippen molar-refractivity contribution in [2.75, 3.05) is 6.54 Å². The second-order valence-corrected chi connectivity index (χ2v) is 8.22. The number of hydrogen-bond acceptors (Lipinski definition) is 3. The third-order valence-electron chi connectivity index (χ3n) is 6.59. The average molecular weight is 524 g/mol. The molecule has 0 amide bonds. The van der Waals surface area contributed by atoms with Crippen molar-refractivity contribution in [1.82, 2.24) is 25.4 Å². The Labute approximate surface area is 198 Å². The van der Waals surface area contributed by atoms with Gasteiger partial charge in [-0.2, -0.15) is 0 Å². The maximum atomic E-state index is 4.87. The predicted octanol–water partition coefficient (Wildman–Crippen LogP) is 4.48. The number of benzene rings is 1. The first-order chi connectivity index (χ1) is 14.1. The van der Waals surface area contributed by atoms with Gasteiger partial charge in [-0.25, -0.2) is 4.99 Å². The maximum Gasteiger partial charge on any atom is 0.191 e. The second kappa shape index (κ2) is 11.7. The van der Waals surface area contributed by atoms with Crippen molar-refractivity contribution in [3.63, 3.8) is 0 Å². The molecule has 1 fully saturated rings. The van der Waals surface area contributed by atoms with Crippen LogP contribution in [0.25, 0.3) is 0 Å². The van der Waals surface area contributed by atoms with Gasteiger partial charge in [0.25, 0.3) is 0 Å². The van der Waals surface area contributed by atoms with E-state index in [4.69, 9.17) is 4.99 Å². The Bertz CT molecular complexity index is 791. The lowest BCUT2D eigenvalue weighted by molar-refractivity contribution is 0.388. The van der Waals surface area contributed by atoms with Crippen molar-refractivity contribution >= 4 is 29.9 Å². The van der Waals surface area contributed by atoms with Gasteiger partial charge in [-0.1, -0.05) is 57.0 Å². The van der Waals surface area contributed by atoms with E-state index in [1.54, 1.807) is 0 Å². The highest BCUT2D eigenvalue weighted by Crippen LogP contribution is 2.30. The molecule has 0 aliphatic heterocycles. The van der Waals surface area contributed by atoms with Gasteiger partial charge in [0.1, 0.15) is 12.4 Å². The largest absolute Gasteiger partial charge is 0.355 e. The molecule has 1 heterocycles. The van der Waals surface area contributed by atoms with E-state index < -0.39 is 0 Å². The van der Waals surface area contributed by atoms with Gasteiger partial charge >= 0.3 is 0 Å². The Balaban J connectivity index is 0.00000320. The van der Waals surface area contributed by atoms with E-state index in [-0.39, 0.29) is 29.4 Å². The van der Waals surface area contributed by atoms with Crippen molar-refractivity contribution in [2.45, 2.75) is 77.3 Å². The number of rotatable bonds is 8. The number of guanidine groups is 1. The van der Waals surface area contributed by atoms with Crippen molar-refractivity contribution in [2.24, 2.45) is 12.0 Å². The van der Waals surface area contributed by atoms with Crippen LogP contribution in [0, 0.1) is 6.92 Å². The van der Waals surface area contributed by atoms with Crippen LogP contribution in [-0.2, 0) is 19.0 Å². The summed E-state index contributed by atoms with van der Waals surface area (Å²) >= 11 is 0. The molecular weight excluding hydrogens is 487 g/mol. The maximum absolute atomic E-state index is 4.87. The van der Waals surface area contributed by atoms with Gasteiger partial charge in [-0.15, -0.1) is 34.2 Å². The minimum atomic E-state index is 0. The zero-order valence-electron chi connectivity index (χ0n) is 18.8. The van der Waals surface area contributed by atoms with Gasteiger partial charge in [0.05, 0.1) is 0 Å². The summed E-state index contributed by atoms with van der Waals surface area (Å²) < 4.78 is 2.00. The minimum absolute atomic E-state index is 0. The number of nitrogens with zero attached hydrogens (tertiary/aromatic N) is 4. The van der Waals surface area contributed by atoms with Crippen LogP contribution in [0.2, 0.25) is 0 Å². The number of aryl methyl sites for hydroxylation is 1. The van der Waals surface area contributed by atoms with Crippen molar-refractivity contribution in [1.29, 1.82) is 0 Å². The third kappa shape index (κ3) is 5.95. The molecule has 0 saturated heterocycles. The molecular formula is C23H37IN6. The molecule has 166 valence electrons. The van der Waals surface area contributed by atoms with Crippen LogP contribution >= 0.6 is 24.0 Å². The Kier molecular flexibility index (Phi) is 9.58. The summed E-state index contributed by atoms with van der Waals surface area (Å²) in [5, 5.41) is 15.7. The summed E-state index contributed by atoms with van der Waals surface area (Å²) in [6, 6.07) is 11.4. The van der Waals surface area contributed by atoms with E-state index in [1.807, 2.05) is 18.5 Å². The summed E-state index contributed by atoms with van der Waals surface area (Å²) in [5.41, 5.74) is 1.49. The van der Waals surface area contributed by atoms with Crippen molar-refractivity contribution in [3.05, 3.63) is 47.5 Å². The van der Waals surface area contributed by atoms with E-state index in [0.29, 0.717) is 12.6 Å². The average Bonchev–Trinajstić information content (AvgIpc) is 3.38. The van der Waals surface area contributed by atoms with Gasteiger partial charge in [0, 0.05) is 25.0 Å². The first-order valence-electron chi connectivity index (χ1n) is 11.0. The first kappa shape index (κ1) is 24.6. The van der Waals surface area contributed by atoms with E-state index in [0.717, 1.165) is 37.0 Å². The molecule has 1 aromatic carbocycles. The smallest absolute Gasteiger partial charge is 0.191 e. The molecule has 7 heteroatoms. The van der Waals surface area contributed by atoms with Crippen molar-refractivity contribution < 1.29 is 0 Å². The highest BCUT2D eigenvalue weighted by molar-refractivity contribution is 14.0. The van der Waals surface area contributed by atoms with Gasteiger partial charge in [0.2, 0.25) is 0 Å². The van der Waals surface area contributed by atoms with Gasteiger partial charge in [-0.05, 0) is 38.2 Å². The van der Waals surface area contributed by atoms with Crippen LogP contribution in [-0.4, -0.2) is 33.3 Å². The van der Waals surface area contributed by atoms with Crippen molar-refractivity contribution in [3.8, 4) is 0 Å². The molecule has 3 rings (SSSR count). The fourth-order valence-corrected chi connectivity index (χ4v) is 4.21. The van der Waals surface area contributed by atoms with E-state index in [9.17, 15) is 0 Å². The fourth-order valence-electron chi connectivity index (χ4n) is 4.21. The number of hydrogen-bond donors (Lipinski definition) is 2. The highest BCUT2D eigenvalue weighted by atomic mass is 127. The first-order valence-corrected chi connectivity index (χ1v) is 11.0. The number of halogens is 1. The van der Waals surface area contributed by atoms with Gasteiger partial charge < -0.3 is 15.2 Å². The van der Waals surface area contributed by atoms with Crippen LogP contribution < -0.4 is 10.6 Å². The van der Waals surface area contributed by atoms with Crippen LogP contribution in [0.5, 0.6) is 0 Å². The molecule has 0 radical (unpaired) electrons. The van der Waals surface area contributed by atoms with Gasteiger partial charge in [-0.3, -0.25) is 0 Å². The topological polar surface area (TPSA) is 67.1 Å². The number of aromatic nitrogens is 3. The molecule has 0 bridgehead atoms. The van der Waals surface area contributed by atoms with Crippen LogP contribution in [0.3, 0.4) is 0 Å². The number of nitrogens with one attached hydrogen (secondary N) is 2. The summed E-state index contributed by atoms with van der Waals surface area (Å²) in [6.07, 6.45) is 7.19. The molecule has 2 aromatic rings. The summed E-state index contributed by atoms with van der Waals surface area (Å²) in [4.78, 5) is 4.87. The quantitative estimate of drug-likeness (QED) is 0.304. The zero-order chi connectivity index (χ0) is 20.7. The molecule has 0 unspecified atom stereocenters. The zero-order valence-corrected chi connectivity index (χ0v) is 21.1. The summed E-state index contributed by atoms with van der Waals surface area (Å²) in [5.74, 6) is 2.68. The third-order valence-corrected chi connectivity index (χ3v) is 6.59. The second-order valence-electron chi connectivity index (χ2n) is 8.22. The molecule has 1 saturated carbocycles. The minimum Gasteiger partial charge on any atom is -0.355 e. The predicted molar refractivity (Wildman–Crippen MR) is 134 cm³/mol. The molecule has 1 aromatic heterocycles. The Morgan fingerprint density at radius 1 is 1.13 bits per heavy atom. The lowest BCUT2D eigenvalue weighted by Gasteiger charge is -2.33. The van der Waals surface area contributed by atoms with Crippen LogP contribution in [0.1, 0.15) is 69.6 Å². The number of aliphatic imine (C=N–C) groups is 1. The molecule has 2 N–H and O–H groups in total. The molecule has 1 aliphatic rings. The van der Waals surface area contributed by atoms with E-state index >= 15 is 0 Å². The SMILES string of the molecule is CCC(CC)(CNC(=NCc1nnc(C)n1C)NC1CCCC1)c1ccccc1.I. The molecule has 0 atom stereocenters. The Morgan fingerprint density at radius 3 is 2.37 bits per heavy atom. The Morgan fingerprint density at radius 2 is 1.80 bits per heavy atom. The van der Waals surface area contributed by atoms with Crippen LogP contribution in [0.15, 0.2) is 35.3 Å². The normalized spacial score (nSPS) is 15.1. The molecule has 0 spiro atoms. The Hall–Kier alpha value is -1.64. The van der Waals surface area contributed by atoms with E-state index in [2.05, 4.69) is 65.0 Å².